The molecule has 36 heavy (non-hydrogen) atoms. The molecule has 0 amide bonds. The fourth-order valence-electron chi connectivity index (χ4n) is 4.45. The molecule has 1 atom stereocenters. The molecule has 1 fully saturated rings. The van der Waals surface area contributed by atoms with Gasteiger partial charge in [-0.3, -0.25) is 15.0 Å². The Morgan fingerprint density at radius 2 is 1.75 bits per heavy atom. The maximum Gasteiger partial charge on any atom is 0.269 e. The zero-order valence-corrected chi connectivity index (χ0v) is 20.8. The highest BCUT2D eigenvalue weighted by atomic mass is 16.6. The van der Waals surface area contributed by atoms with Crippen molar-refractivity contribution in [1.29, 1.82) is 0 Å². The standard InChI is InChI=1S/C27H33N5O4/c1-3-36-19-24(33)18-30-13-15-31(16-14-30)27-25(17-21-9-11-23(12-10-21)32(34)35)20(2)28-26(29-27)22-7-5-4-6-8-22/h4-12,24,33H,3,13-19H2,1-2H3/t24-/m0/s1. The number of aliphatic hydroxyl groups excluding tert-OH is 1. The monoisotopic (exact) mass is 491 g/mol. The molecule has 1 aromatic heterocycles. The van der Waals surface area contributed by atoms with Gasteiger partial charge in [-0.2, -0.15) is 0 Å². The van der Waals surface area contributed by atoms with Crippen LogP contribution in [-0.2, 0) is 11.2 Å². The number of aromatic nitrogens is 2. The Hall–Kier alpha value is -3.40. The first-order chi connectivity index (χ1) is 17.4. The largest absolute Gasteiger partial charge is 0.389 e. The number of nitrogens with zero attached hydrogens (tertiary/aromatic N) is 5. The van der Waals surface area contributed by atoms with Crippen molar-refractivity contribution in [3.63, 3.8) is 0 Å². The summed E-state index contributed by atoms with van der Waals surface area (Å²) in [5.74, 6) is 1.58. The number of aryl methyl sites for hydroxylation is 1. The molecule has 0 spiro atoms. The fourth-order valence-corrected chi connectivity index (χ4v) is 4.45. The number of non-ortho nitro benzene ring substituents is 1. The lowest BCUT2D eigenvalue weighted by molar-refractivity contribution is -0.384. The summed E-state index contributed by atoms with van der Waals surface area (Å²) in [6.07, 6.45) is 0.0850. The molecule has 1 N–H and O–H groups in total. The van der Waals surface area contributed by atoms with Crippen molar-refractivity contribution >= 4 is 11.5 Å². The zero-order chi connectivity index (χ0) is 25.5. The van der Waals surface area contributed by atoms with Crippen molar-refractivity contribution in [3.8, 4) is 11.4 Å². The Morgan fingerprint density at radius 3 is 2.39 bits per heavy atom. The van der Waals surface area contributed by atoms with Crippen LogP contribution in [0.5, 0.6) is 0 Å². The number of nitro benzene ring substituents is 1. The number of anilines is 1. The van der Waals surface area contributed by atoms with Gasteiger partial charge in [-0.05, 0) is 19.4 Å². The predicted molar refractivity (Wildman–Crippen MR) is 139 cm³/mol. The number of nitro groups is 1. The van der Waals surface area contributed by atoms with Crippen LogP contribution >= 0.6 is 0 Å². The number of rotatable bonds is 10. The Balaban J connectivity index is 1.58. The zero-order valence-electron chi connectivity index (χ0n) is 20.8. The molecular weight excluding hydrogens is 458 g/mol. The van der Waals surface area contributed by atoms with E-state index in [2.05, 4.69) is 9.80 Å². The number of β-amino-alcohol motifs (C(OH)–C–C–N with tert-alkyl or cyclic N) is 1. The molecule has 9 heteroatoms. The Morgan fingerprint density at radius 1 is 1.06 bits per heavy atom. The first kappa shape index (κ1) is 25.7. The number of ether oxygens (including phenoxy) is 1. The molecule has 3 aromatic rings. The van der Waals surface area contributed by atoms with Gasteiger partial charge in [0.15, 0.2) is 5.82 Å². The Bertz CT molecular complexity index is 1150. The molecule has 0 radical (unpaired) electrons. The van der Waals surface area contributed by atoms with Gasteiger partial charge in [0.2, 0.25) is 0 Å². The second-order valence-corrected chi connectivity index (χ2v) is 9.00. The molecule has 1 aliphatic rings. The molecule has 0 saturated carbocycles. The molecular formula is C27H33N5O4. The molecule has 190 valence electrons. The van der Waals surface area contributed by atoms with Gasteiger partial charge in [0.1, 0.15) is 5.82 Å². The first-order valence-electron chi connectivity index (χ1n) is 12.3. The van der Waals surface area contributed by atoms with Crippen LogP contribution in [0.25, 0.3) is 11.4 Å². The molecule has 1 saturated heterocycles. The van der Waals surface area contributed by atoms with Crippen LogP contribution in [0.3, 0.4) is 0 Å². The summed E-state index contributed by atoms with van der Waals surface area (Å²) in [5, 5.41) is 21.3. The minimum atomic E-state index is -0.500. The normalized spacial score (nSPS) is 15.1. The topological polar surface area (TPSA) is 105 Å². The van der Waals surface area contributed by atoms with E-state index >= 15 is 0 Å². The average molecular weight is 492 g/mol. The maximum atomic E-state index is 11.1. The highest BCUT2D eigenvalue weighted by Gasteiger charge is 2.24. The van der Waals surface area contributed by atoms with Gasteiger partial charge in [0, 0.05) is 74.7 Å². The third-order valence-electron chi connectivity index (χ3n) is 6.41. The van der Waals surface area contributed by atoms with Crippen molar-refractivity contribution in [2.45, 2.75) is 26.4 Å². The summed E-state index contributed by atoms with van der Waals surface area (Å²) in [5.41, 5.74) is 3.93. The van der Waals surface area contributed by atoms with E-state index in [-0.39, 0.29) is 10.6 Å². The van der Waals surface area contributed by atoms with Crippen LogP contribution in [0.2, 0.25) is 0 Å². The van der Waals surface area contributed by atoms with E-state index in [1.807, 2.05) is 44.2 Å². The van der Waals surface area contributed by atoms with Crippen molar-refractivity contribution < 1.29 is 14.8 Å². The second-order valence-electron chi connectivity index (χ2n) is 9.00. The molecule has 0 aliphatic carbocycles. The summed E-state index contributed by atoms with van der Waals surface area (Å²) in [4.78, 5) is 25.0. The van der Waals surface area contributed by atoms with E-state index < -0.39 is 6.10 Å². The van der Waals surface area contributed by atoms with Crippen LogP contribution in [0.15, 0.2) is 54.6 Å². The van der Waals surface area contributed by atoms with Crippen molar-refractivity contribution in [2.75, 3.05) is 50.8 Å². The van der Waals surface area contributed by atoms with Gasteiger partial charge < -0.3 is 14.7 Å². The van der Waals surface area contributed by atoms with Gasteiger partial charge in [-0.25, -0.2) is 9.97 Å². The van der Waals surface area contributed by atoms with Crippen LogP contribution in [0.1, 0.15) is 23.7 Å². The number of hydrogen-bond acceptors (Lipinski definition) is 8. The van der Waals surface area contributed by atoms with Crippen LogP contribution in [-0.4, -0.2) is 76.9 Å². The lowest BCUT2D eigenvalue weighted by atomic mass is 10.0. The molecule has 0 bridgehead atoms. The minimum absolute atomic E-state index is 0.0778. The second kappa shape index (κ2) is 12.0. The van der Waals surface area contributed by atoms with Crippen LogP contribution in [0, 0.1) is 17.0 Å². The smallest absolute Gasteiger partial charge is 0.269 e. The summed E-state index contributed by atoms with van der Waals surface area (Å²) in [7, 11) is 0. The summed E-state index contributed by atoms with van der Waals surface area (Å²) >= 11 is 0. The van der Waals surface area contributed by atoms with E-state index in [0.29, 0.717) is 32.0 Å². The summed E-state index contributed by atoms with van der Waals surface area (Å²) < 4.78 is 5.35. The number of aliphatic hydroxyl groups is 1. The first-order valence-corrected chi connectivity index (χ1v) is 12.3. The van der Waals surface area contributed by atoms with E-state index in [9.17, 15) is 15.2 Å². The van der Waals surface area contributed by atoms with Crippen LogP contribution in [0.4, 0.5) is 11.5 Å². The maximum absolute atomic E-state index is 11.1. The van der Waals surface area contributed by atoms with Crippen molar-refractivity contribution in [2.24, 2.45) is 0 Å². The third-order valence-corrected chi connectivity index (χ3v) is 6.41. The predicted octanol–water partition coefficient (Wildman–Crippen LogP) is 3.47. The van der Waals surface area contributed by atoms with Gasteiger partial charge in [0.05, 0.1) is 17.6 Å². The lowest BCUT2D eigenvalue weighted by Gasteiger charge is -2.37. The lowest BCUT2D eigenvalue weighted by Crippen LogP contribution is -2.49. The van der Waals surface area contributed by atoms with E-state index in [1.165, 1.54) is 12.1 Å². The average Bonchev–Trinajstić information content (AvgIpc) is 2.90. The SMILES string of the molecule is CCOC[C@@H](O)CN1CCN(c2nc(-c3ccccc3)nc(C)c2Cc2ccc([N+](=O)[O-])cc2)CC1. The number of hydrogen-bond donors (Lipinski definition) is 1. The van der Waals surface area contributed by atoms with Crippen molar-refractivity contribution in [3.05, 3.63) is 81.5 Å². The van der Waals surface area contributed by atoms with Gasteiger partial charge in [0.25, 0.3) is 5.69 Å². The van der Waals surface area contributed by atoms with E-state index in [0.717, 1.165) is 54.4 Å². The molecule has 0 unspecified atom stereocenters. The van der Waals surface area contributed by atoms with Crippen LogP contribution < -0.4 is 4.90 Å². The number of piperazine rings is 1. The third kappa shape index (κ3) is 6.42. The highest BCUT2D eigenvalue weighted by Crippen LogP contribution is 2.28. The molecule has 4 rings (SSSR count). The molecule has 2 aromatic carbocycles. The van der Waals surface area contributed by atoms with Crippen molar-refractivity contribution in [1.82, 2.24) is 14.9 Å². The summed E-state index contributed by atoms with van der Waals surface area (Å²) in [6.45, 7) is 8.63. The van der Waals surface area contributed by atoms with Gasteiger partial charge in [-0.1, -0.05) is 42.5 Å². The van der Waals surface area contributed by atoms with Gasteiger partial charge >= 0.3 is 0 Å². The van der Waals surface area contributed by atoms with Gasteiger partial charge in [-0.15, -0.1) is 0 Å². The summed E-state index contributed by atoms with van der Waals surface area (Å²) in [6, 6.07) is 16.6. The number of benzene rings is 2. The Kier molecular flexibility index (Phi) is 8.58. The van der Waals surface area contributed by atoms with E-state index in [1.54, 1.807) is 12.1 Å². The highest BCUT2D eigenvalue weighted by molar-refractivity contribution is 5.61. The molecule has 2 heterocycles. The van der Waals surface area contributed by atoms with E-state index in [4.69, 9.17) is 14.7 Å². The minimum Gasteiger partial charge on any atom is -0.389 e. The quantitative estimate of drug-likeness (QED) is 0.340. The molecule has 9 nitrogen and oxygen atoms in total. The Labute approximate surface area is 211 Å². The molecule has 1 aliphatic heterocycles. The fraction of sp³-hybridized carbons (Fsp3) is 0.407.